The van der Waals surface area contributed by atoms with Gasteiger partial charge < -0.3 is 10.2 Å². The number of para-hydroxylation sites is 1. The van der Waals surface area contributed by atoms with Gasteiger partial charge in [0.25, 0.3) is 0 Å². The molecule has 1 heterocycles. The van der Waals surface area contributed by atoms with Crippen molar-refractivity contribution in [3.63, 3.8) is 0 Å². The number of benzene rings is 2. The van der Waals surface area contributed by atoms with Gasteiger partial charge in [0, 0.05) is 21.5 Å². The Labute approximate surface area is 124 Å². The van der Waals surface area contributed by atoms with Crippen LogP contribution in [0.3, 0.4) is 0 Å². The molecule has 0 aliphatic heterocycles. The van der Waals surface area contributed by atoms with Crippen LogP contribution in [-0.2, 0) is 6.42 Å². The standard InChI is InChI=1S/C16H13BrFNO/c17-14-6-5-11(18)7-10(14)8-15(19)13-9-20-16-4-2-1-3-12(13)16/h1-7,9,15H,8,19H2. The van der Waals surface area contributed by atoms with Gasteiger partial charge in [-0.1, -0.05) is 34.1 Å². The van der Waals surface area contributed by atoms with Crippen LogP contribution < -0.4 is 5.73 Å². The summed E-state index contributed by atoms with van der Waals surface area (Å²) in [6.07, 6.45) is 2.23. The Morgan fingerprint density at radius 1 is 1.20 bits per heavy atom. The summed E-state index contributed by atoms with van der Waals surface area (Å²) in [5.41, 5.74) is 8.86. The third kappa shape index (κ3) is 2.49. The van der Waals surface area contributed by atoms with Crippen LogP contribution in [0.5, 0.6) is 0 Å². The Morgan fingerprint density at radius 3 is 2.85 bits per heavy atom. The van der Waals surface area contributed by atoms with Gasteiger partial charge in [-0.2, -0.15) is 0 Å². The SMILES string of the molecule is NC(Cc1cc(F)ccc1Br)c1coc2ccccc12. The van der Waals surface area contributed by atoms with Gasteiger partial charge in [0.1, 0.15) is 11.4 Å². The van der Waals surface area contributed by atoms with E-state index in [1.54, 1.807) is 12.3 Å². The largest absolute Gasteiger partial charge is 0.464 e. The highest BCUT2D eigenvalue weighted by molar-refractivity contribution is 9.10. The second-order valence-electron chi connectivity index (χ2n) is 4.73. The number of rotatable bonds is 3. The third-order valence-corrected chi connectivity index (χ3v) is 4.13. The van der Waals surface area contributed by atoms with Crippen LogP contribution in [0.15, 0.2) is 57.6 Å². The molecule has 2 aromatic carbocycles. The van der Waals surface area contributed by atoms with Crippen molar-refractivity contribution in [1.29, 1.82) is 0 Å². The van der Waals surface area contributed by atoms with E-state index in [4.69, 9.17) is 10.2 Å². The molecule has 0 fully saturated rings. The highest BCUT2D eigenvalue weighted by Gasteiger charge is 2.15. The summed E-state index contributed by atoms with van der Waals surface area (Å²) in [6, 6.07) is 12.1. The fourth-order valence-electron chi connectivity index (χ4n) is 2.33. The fraction of sp³-hybridized carbons (Fsp3) is 0.125. The number of nitrogens with two attached hydrogens (primary N) is 1. The summed E-state index contributed by atoms with van der Waals surface area (Å²) in [6.45, 7) is 0. The van der Waals surface area contributed by atoms with Crippen LogP contribution >= 0.6 is 15.9 Å². The summed E-state index contributed by atoms with van der Waals surface area (Å²) in [7, 11) is 0. The maximum absolute atomic E-state index is 13.3. The molecule has 102 valence electrons. The highest BCUT2D eigenvalue weighted by atomic mass is 79.9. The molecule has 0 saturated carbocycles. The minimum Gasteiger partial charge on any atom is -0.464 e. The van der Waals surface area contributed by atoms with Crippen LogP contribution in [0.25, 0.3) is 11.0 Å². The van der Waals surface area contributed by atoms with Crippen molar-refractivity contribution in [3.8, 4) is 0 Å². The summed E-state index contributed by atoms with van der Waals surface area (Å²) >= 11 is 3.43. The Bertz CT molecular complexity index is 753. The zero-order chi connectivity index (χ0) is 14.1. The quantitative estimate of drug-likeness (QED) is 0.762. The van der Waals surface area contributed by atoms with Crippen molar-refractivity contribution in [2.75, 3.05) is 0 Å². The summed E-state index contributed by atoms with van der Waals surface area (Å²) in [5, 5.41) is 1.01. The number of hydrogen-bond acceptors (Lipinski definition) is 2. The third-order valence-electron chi connectivity index (χ3n) is 3.36. The summed E-state index contributed by atoms with van der Waals surface area (Å²) in [4.78, 5) is 0. The Morgan fingerprint density at radius 2 is 2.00 bits per heavy atom. The fourth-order valence-corrected chi connectivity index (χ4v) is 2.74. The molecule has 1 atom stereocenters. The first-order valence-electron chi connectivity index (χ1n) is 6.31. The van der Waals surface area contributed by atoms with Crippen molar-refractivity contribution in [1.82, 2.24) is 0 Å². The molecule has 0 aliphatic rings. The zero-order valence-corrected chi connectivity index (χ0v) is 12.2. The van der Waals surface area contributed by atoms with Gasteiger partial charge in [0.2, 0.25) is 0 Å². The molecule has 0 radical (unpaired) electrons. The minimum absolute atomic E-state index is 0.239. The van der Waals surface area contributed by atoms with Crippen molar-refractivity contribution in [2.45, 2.75) is 12.5 Å². The van der Waals surface area contributed by atoms with Crippen LogP contribution in [0.2, 0.25) is 0 Å². The zero-order valence-electron chi connectivity index (χ0n) is 10.6. The van der Waals surface area contributed by atoms with Gasteiger partial charge in [0.05, 0.1) is 6.26 Å². The van der Waals surface area contributed by atoms with E-state index < -0.39 is 0 Å². The first-order chi connectivity index (χ1) is 9.65. The lowest BCUT2D eigenvalue weighted by molar-refractivity contribution is 0.597. The van der Waals surface area contributed by atoms with Gasteiger partial charge in [-0.3, -0.25) is 0 Å². The molecule has 0 bridgehead atoms. The van der Waals surface area contributed by atoms with Crippen molar-refractivity contribution >= 4 is 26.9 Å². The smallest absolute Gasteiger partial charge is 0.134 e. The van der Waals surface area contributed by atoms with Crippen LogP contribution in [0.4, 0.5) is 4.39 Å². The molecule has 4 heteroatoms. The molecule has 1 aromatic heterocycles. The lowest BCUT2D eigenvalue weighted by atomic mass is 9.99. The molecule has 3 rings (SSSR count). The van der Waals surface area contributed by atoms with E-state index in [2.05, 4.69) is 15.9 Å². The van der Waals surface area contributed by atoms with E-state index in [1.165, 1.54) is 12.1 Å². The highest BCUT2D eigenvalue weighted by Crippen LogP contribution is 2.29. The lowest BCUT2D eigenvalue weighted by Crippen LogP contribution is -2.13. The predicted octanol–water partition coefficient (Wildman–Crippen LogP) is 4.58. The first-order valence-corrected chi connectivity index (χ1v) is 7.10. The monoisotopic (exact) mass is 333 g/mol. The average molecular weight is 334 g/mol. The lowest BCUT2D eigenvalue weighted by Gasteiger charge is -2.12. The van der Waals surface area contributed by atoms with E-state index in [-0.39, 0.29) is 11.9 Å². The molecule has 0 amide bonds. The summed E-state index contributed by atoms with van der Waals surface area (Å²) < 4.78 is 19.7. The molecule has 0 spiro atoms. The molecule has 2 nitrogen and oxygen atoms in total. The normalized spacial score (nSPS) is 12.8. The predicted molar refractivity (Wildman–Crippen MR) is 80.9 cm³/mol. The Balaban J connectivity index is 1.93. The average Bonchev–Trinajstić information content (AvgIpc) is 2.87. The summed E-state index contributed by atoms with van der Waals surface area (Å²) in [5.74, 6) is -0.257. The number of halogens is 2. The Kier molecular flexibility index (Phi) is 3.59. The van der Waals surface area contributed by atoms with Crippen LogP contribution in [-0.4, -0.2) is 0 Å². The second-order valence-corrected chi connectivity index (χ2v) is 5.59. The van der Waals surface area contributed by atoms with Gasteiger partial charge in [-0.05, 0) is 36.2 Å². The molecular formula is C16H13BrFNO. The van der Waals surface area contributed by atoms with E-state index >= 15 is 0 Å². The topological polar surface area (TPSA) is 39.2 Å². The van der Waals surface area contributed by atoms with Crippen molar-refractivity contribution < 1.29 is 8.81 Å². The van der Waals surface area contributed by atoms with Crippen molar-refractivity contribution in [3.05, 3.63) is 70.1 Å². The van der Waals surface area contributed by atoms with E-state index in [9.17, 15) is 4.39 Å². The molecule has 3 aromatic rings. The molecule has 20 heavy (non-hydrogen) atoms. The molecule has 0 aliphatic carbocycles. The molecule has 1 unspecified atom stereocenters. The van der Waals surface area contributed by atoms with Crippen LogP contribution in [0.1, 0.15) is 17.2 Å². The molecule has 2 N–H and O–H groups in total. The van der Waals surface area contributed by atoms with Crippen LogP contribution in [0, 0.1) is 5.82 Å². The van der Waals surface area contributed by atoms with E-state index in [0.717, 1.165) is 26.6 Å². The van der Waals surface area contributed by atoms with Gasteiger partial charge in [-0.15, -0.1) is 0 Å². The second kappa shape index (κ2) is 5.38. The number of hydrogen-bond donors (Lipinski definition) is 1. The van der Waals surface area contributed by atoms with E-state index in [1.807, 2.05) is 24.3 Å². The maximum Gasteiger partial charge on any atom is 0.134 e. The maximum atomic E-state index is 13.3. The van der Waals surface area contributed by atoms with E-state index in [0.29, 0.717) is 6.42 Å². The molecular weight excluding hydrogens is 321 g/mol. The van der Waals surface area contributed by atoms with Crippen molar-refractivity contribution in [2.24, 2.45) is 5.73 Å². The first kappa shape index (κ1) is 13.3. The Hall–Kier alpha value is -1.65. The van der Waals surface area contributed by atoms with Gasteiger partial charge in [-0.25, -0.2) is 4.39 Å². The van der Waals surface area contributed by atoms with Gasteiger partial charge in [0.15, 0.2) is 0 Å². The minimum atomic E-state index is -0.257. The molecule has 0 saturated heterocycles. The number of furan rings is 1. The van der Waals surface area contributed by atoms with Gasteiger partial charge >= 0.3 is 0 Å². The number of fused-ring (bicyclic) bond motifs is 1.